The minimum absolute atomic E-state index is 0.0103. The summed E-state index contributed by atoms with van der Waals surface area (Å²) in [6, 6.07) is 28.6. The van der Waals surface area contributed by atoms with Crippen LogP contribution in [0.25, 0.3) is 0 Å². The van der Waals surface area contributed by atoms with Gasteiger partial charge < -0.3 is 25.8 Å². The van der Waals surface area contributed by atoms with Gasteiger partial charge in [0, 0.05) is 17.4 Å². The van der Waals surface area contributed by atoms with E-state index in [0.29, 0.717) is 17.1 Å². The average Bonchev–Trinajstić information content (AvgIpc) is 2.96. The van der Waals surface area contributed by atoms with Crippen molar-refractivity contribution in [3.63, 3.8) is 0 Å². The number of nitrogens with two attached hydrogens (primary N) is 1. The van der Waals surface area contributed by atoms with Crippen LogP contribution in [0.5, 0.6) is 0 Å². The Hall–Kier alpha value is -5.38. The van der Waals surface area contributed by atoms with E-state index in [9.17, 15) is 19.7 Å². The summed E-state index contributed by atoms with van der Waals surface area (Å²) in [5.41, 5.74) is 11.2. The first kappa shape index (κ1) is 29.2. The van der Waals surface area contributed by atoms with Crippen LogP contribution in [0.2, 0.25) is 0 Å². The Morgan fingerprint density at radius 2 is 1.12 bits per heavy atom. The third kappa shape index (κ3) is 8.88. The number of ether oxygens (including phenoxy) is 2. The van der Waals surface area contributed by atoms with E-state index in [2.05, 4.69) is 20.1 Å². The Morgan fingerprint density at radius 1 is 0.700 bits per heavy atom. The molecule has 0 aliphatic heterocycles. The van der Waals surface area contributed by atoms with E-state index in [-0.39, 0.29) is 30.5 Å². The van der Waals surface area contributed by atoms with E-state index in [0.717, 1.165) is 22.5 Å². The van der Waals surface area contributed by atoms with Gasteiger partial charge in [-0.3, -0.25) is 19.7 Å². The predicted molar refractivity (Wildman–Crippen MR) is 155 cm³/mol. The topological polar surface area (TPSA) is 146 Å². The monoisotopic (exact) mass is 542 g/mol. The molecule has 4 aromatic rings. The predicted octanol–water partition coefficient (Wildman–Crippen LogP) is 5.78. The largest absolute Gasteiger partial charge is 0.469 e. The highest BCUT2D eigenvalue weighted by molar-refractivity contribution is 5.75. The lowest BCUT2D eigenvalue weighted by atomic mass is 10.1. The van der Waals surface area contributed by atoms with Gasteiger partial charge in [-0.05, 0) is 53.6 Å². The van der Waals surface area contributed by atoms with Gasteiger partial charge in [0.1, 0.15) is 5.69 Å². The summed E-state index contributed by atoms with van der Waals surface area (Å²) in [6.45, 7) is 0. The Balaban J connectivity index is 0.000000222. The molecule has 4 N–H and O–H groups in total. The first-order chi connectivity index (χ1) is 19.3. The van der Waals surface area contributed by atoms with Crippen LogP contribution in [-0.4, -0.2) is 31.1 Å². The maximum absolute atomic E-state index is 11.2. The summed E-state index contributed by atoms with van der Waals surface area (Å²) < 4.78 is 9.22. The summed E-state index contributed by atoms with van der Waals surface area (Å²) in [7, 11) is 2.73. The van der Waals surface area contributed by atoms with Gasteiger partial charge >= 0.3 is 11.9 Å². The maximum atomic E-state index is 11.2. The van der Waals surface area contributed by atoms with E-state index >= 15 is 0 Å². The molecule has 0 unspecified atom stereocenters. The fourth-order valence-corrected chi connectivity index (χ4v) is 3.55. The van der Waals surface area contributed by atoms with Crippen LogP contribution in [0.15, 0.2) is 97.1 Å². The number of nitrogen functional groups attached to an aromatic ring is 1. The van der Waals surface area contributed by atoms with E-state index in [4.69, 9.17) is 5.73 Å². The van der Waals surface area contributed by atoms with Crippen LogP contribution >= 0.6 is 0 Å². The molecule has 0 heterocycles. The van der Waals surface area contributed by atoms with Crippen LogP contribution < -0.4 is 16.4 Å². The number of nitro groups is 1. The molecule has 206 valence electrons. The van der Waals surface area contributed by atoms with Crippen molar-refractivity contribution in [1.82, 2.24) is 0 Å². The van der Waals surface area contributed by atoms with Crippen molar-refractivity contribution in [3.05, 3.63) is 118 Å². The van der Waals surface area contributed by atoms with Gasteiger partial charge in [-0.2, -0.15) is 0 Å². The number of nitro benzene ring substituents is 1. The number of nitrogens with one attached hydrogen (secondary N) is 2. The number of anilines is 5. The fourth-order valence-electron chi connectivity index (χ4n) is 3.55. The Labute approximate surface area is 231 Å². The lowest BCUT2D eigenvalue weighted by Crippen LogP contribution is -2.04. The molecule has 0 saturated heterocycles. The molecule has 0 saturated carbocycles. The van der Waals surface area contributed by atoms with E-state index in [1.54, 1.807) is 42.5 Å². The van der Waals surface area contributed by atoms with Crippen molar-refractivity contribution in [2.24, 2.45) is 0 Å². The normalized spacial score (nSPS) is 9.95. The van der Waals surface area contributed by atoms with Gasteiger partial charge in [0.05, 0.1) is 43.4 Å². The van der Waals surface area contributed by atoms with Crippen molar-refractivity contribution < 1.29 is 24.0 Å². The quantitative estimate of drug-likeness (QED) is 0.104. The highest BCUT2D eigenvalue weighted by Crippen LogP contribution is 2.27. The summed E-state index contributed by atoms with van der Waals surface area (Å²) in [5, 5.41) is 17.2. The third-order valence-corrected chi connectivity index (χ3v) is 5.68. The van der Waals surface area contributed by atoms with E-state index in [1.807, 2.05) is 48.5 Å². The molecule has 10 heteroatoms. The Morgan fingerprint density at radius 3 is 1.57 bits per heavy atom. The molecule has 0 aromatic heterocycles. The van der Waals surface area contributed by atoms with Crippen LogP contribution in [0.3, 0.4) is 0 Å². The molecule has 0 aliphatic carbocycles. The Bertz CT molecular complexity index is 1440. The van der Waals surface area contributed by atoms with E-state index < -0.39 is 4.92 Å². The minimum atomic E-state index is -0.437. The third-order valence-electron chi connectivity index (χ3n) is 5.68. The molecule has 0 aliphatic rings. The smallest absolute Gasteiger partial charge is 0.309 e. The van der Waals surface area contributed by atoms with Crippen molar-refractivity contribution >= 4 is 46.1 Å². The summed E-state index contributed by atoms with van der Waals surface area (Å²) in [6.07, 6.45) is 0.479. The zero-order chi connectivity index (χ0) is 28.9. The molecule has 0 radical (unpaired) electrons. The lowest BCUT2D eigenvalue weighted by Gasteiger charge is -2.09. The molecule has 0 atom stereocenters. The minimum Gasteiger partial charge on any atom is -0.469 e. The second-order valence-electron chi connectivity index (χ2n) is 8.51. The maximum Gasteiger partial charge on any atom is 0.309 e. The summed E-state index contributed by atoms with van der Waals surface area (Å²) in [5.74, 6) is -0.553. The zero-order valence-electron chi connectivity index (χ0n) is 22.1. The van der Waals surface area contributed by atoms with Gasteiger partial charge in [-0.1, -0.05) is 48.5 Å². The molecule has 0 bridgehead atoms. The van der Waals surface area contributed by atoms with Crippen LogP contribution in [-0.2, 0) is 31.9 Å². The number of carbonyl (C=O) groups excluding carboxylic acids is 2. The first-order valence-corrected chi connectivity index (χ1v) is 12.2. The number of methoxy groups -OCH3 is 2. The second-order valence-corrected chi connectivity index (χ2v) is 8.51. The van der Waals surface area contributed by atoms with Crippen LogP contribution in [0.4, 0.5) is 34.1 Å². The fraction of sp³-hybridized carbons (Fsp3) is 0.133. The molecule has 4 aromatic carbocycles. The van der Waals surface area contributed by atoms with Crippen molar-refractivity contribution in [3.8, 4) is 0 Å². The summed E-state index contributed by atoms with van der Waals surface area (Å²) >= 11 is 0. The highest BCUT2D eigenvalue weighted by atomic mass is 16.6. The van der Waals surface area contributed by atoms with Crippen molar-refractivity contribution in [2.45, 2.75) is 12.8 Å². The molecule has 40 heavy (non-hydrogen) atoms. The number of para-hydroxylation sites is 4. The van der Waals surface area contributed by atoms with Gasteiger partial charge in [-0.15, -0.1) is 0 Å². The molecule has 0 amide bonds. The molecule has 10 nitrogen and oxygen atoms in total. The molecular weight excluding hydrogens is 512 g/mol. The number of hydrogen-bond acceptors (Lipinski definition) is 9. The first-order valence-electron chi connectivity index (χ1n) is 12.2. The molecular formula is C30H30N4O6. The number of benzene rings is 4. The van der Waals surface area contributed by atoms with Gasteiger partial charge in [-0.25, -0.2) is 0 Å². The number of carbonyl (C=O) groups is 2. The number of rotatable bonds is 9. The van der Waals surface area contributed by atoms with Gasteiger partial charge in [0.25, 0.3) is 5.69 Å². The van der Waals surface area contributed by atoms with Crippen LogP contribution in [0.1, 0.15) is 11.1 Å². The van der Waals surface area contributed by atoms with Crippen molar-refractivity contribution in [2.75, 3.05) is 30.6 Å². The lowest BCUT2D eigenvalue weighted by molar-refractivity contribution is -0.383. The van der Waals surface area contributed by atoms with E-state index in [1.165, 1.54) is 20.3 Å². The second kappa shape index (κ2) is 14.5. The Kier molecular flexibility index (Phi) is 10.6. The standard InChI is InChI=1S/C15H14N2O4.C15H16N2O2/c1-21-15(18)10-11-6-8-12(9-7-11)16-13-4-2-3-5-14(13)17(19)20;1-19-15(18)10-11-6-8-12(9-7-11)17-14-5-3-2-4-13(14)16/h2-9,16H,10H2,1H3;2-9,17H,10,16H2,1H3. The highest BCUT2D eigenvalue weighted by Gasteiger charge is 2.12. The van der Waals surface area contributed by atoms with Crippen molar-refractivity contribution in [1.29, 1.82) is 0 Å². The number of hydrogen-bond donors (Lipinski definition) is 3. The van der Waals surface area contributed by atoms with Crippen LogP contribution in [0, 0.1) is 10.1 Å². The van der Waals surface area contributed by atoms with Gasteiger partial charge in [0.15, 0.2) is 0 Å². The SMILES string of the molecule is COC(=O)Cc1ccc(Nc2ccccc2N)cc1.COC(=O)Cc1ccc(Nc2ccccc2[N+](=O)[O-])cc1. The van der Waals surface area contributed by atoms with Gasteiger partial charge in [0.2, 0.25) is 0 Å². The summed E-state index contributed by atoms with van der Waals surface area (Å²) in [4.78, 5) is 32.8. The molecule has 4 rings (SSSR count). The number of nitrogens with zero attached hydrogens (tertiary/aromatic N) is 1. The molecule has 0 spiro atoms. The molecule has 0 fully saturated rings. The average molecular weight is 543 g/mol. The number of esters is 2. The zero-order valence-corrected chi connectivity index (χ0v) is 22.1.